The van der Waals surface area contributed by atoms with Crippen molar-refractivity contribution in [2.24, 2.45) is 0 Å². The van der Waals surface area contributed by atoms with Gasteiger partial charge in [-0.2, -0.15) is 0 Å². The number of fused-ring (bicyclic) bond motifs is 1. The fraction of sp³-hybridized carbons (Fsp3) is 0.500. The molecule has 1 unspecified atom stereocenters. The van der Waals surface area contributed by atoms with Gasteiger partial charge in [0.2, 0.25) is 5.91 Å². The van der Waals surface area contributed by atoms with Gasteiger partial charge in [-0.15, -0.1) is 0 Å². The summed E-state index contributed by atoms with van der Waals surface area (Å²) in [5, 5.41) is 3.10. The third-order valence-corrected chi connectivity index (χ3v) is 4.10. The summed E-state index contributed by atoms with van der Waals surface area (Å²) in [5.74, 6) is 0.0787. The van der Waals surface area contributed by atoms with E-state index >= 15 is 0 Å². The van der Waals surface area contributed by atoms with E-state index in [1.807, 2.05) is 27.0 Å². The molecule has 0 fully saturated rings. The Labute approximate surface area is 117 Å². The number of halogens is 1. The Morgan fingerprint density at radius 2 is 2.11 bits per heavy atom. The Kier molecular flexibility index (Phi) is 3.52. The second kappa shape index (κ2) is 4.67. The summed E-state index contributed by atoms with van der Waals surface area (Å²) < 4.78 is 1.02. The first-order valence-corrected chi connectivity index (χ1v) is 6.98. The molecule has 1 aromatic carbocycles. The van der Waals surface area contributed by atoms with Crippen LogP contribution in [0.15, 0.2) is 22.7 Å². The van der Waals surface area contributed by atoms with Gasteiger partial charge in [0.15, 0.2) is 0 Å². The Hall–Kier alpha value is -0.870. The number of nitrogens with zero attached hydrogens (tertiary/aromatic N) is 1. The molecule has 1 aromatic rings. The van der Waals surface area contributed by atoms with Gasteiger partial charge < -0.3 is 5.32 Å². The molecule has 0 saturated carbocycles. The Morgan fingerprint density at radius 3 is 2.72 bits per heavy atom. The normalized spacial score (nSPS) is 21.7. The van der Waals surface area contributed by atoms with Crippen LogP contribution in [0, 0.1) is 0 Å². The van der Waals surface area contributed by atoms with E-state index in [1.54, 1.807) is 0 Å². The lowest BCUT2D eigenvalue weighted by atomic mass is 9.82. The number of rotatable bonds is 2. The second-order valence-electron chi connectivity index (χ2n) is 5.32. The van der Waals surface area contributed by atoms with Crippen LogP contribution in [0.25, 0.3) is 0 Å². The molecule has 18 heavy (non-hydrogen) atoms. The van der Waals surface area contributed by atoms with Crippen molar-refractivity contribution >= 4 is 21.8 Å². The summed E-state index contributed by atoms with van der Waals surface area (Å²) in [6.45, 7) is 6.98. The highest BCUT2D eigenvalue weighted by molar-refractivity contribution is 9.10. The van der Waals surface area contributed by atoms with Crippen LogP contribution in [0.5, 0.6) is 0 Å². The largest absolute Gasteiger partial charge is 0.345 e. The van der Waals surface area contributed by atoms with Crippen LogP contribution >= 0.6 is 15.9 Å². The van der Waals surface area contributed by atoms with Crippen molar-refractivity contribution in [1.82, 2.24) is 10.2 Å². The van der Waals surface area contributed by atoms with Gasteiger partial charge in [0, 0.05) is 4.47 Å². The highest BCUT2D eigenvalue weighted by atomic mass is 79.9. The van der Waals surface area contributed by atoms with Gasteiger partial charge in [-0.25, -0.2) is 0 Å². The van der Waals surface area contributed by atoms with E-state index in [4.69, 9.17) is 0 Å². The predicted molar refractivity (Wildman–Crippen MR) is 76.4 cm³/mol. The highest BCUT2D eigenvalue weighted by Gasteiger charge is 2.39. The minimum absolute atomic E-state index is 0.0787. The zero-order valence-corrected chi connectivity index (χ0v) is 12.8. The van der Waals surface area contributed by atoms with Crippen LogP contribution in [-0.2, 0) is 10.3 Å². The topological polar surface area (TPSA) is 32.3 Å². The van der Waals surface area contributed by atoms with Gasteiger partial charge in [0.05, 0.1) is 5.54 Å². The third-order valence-electron chi connectivity index (χ3n) is 3.61. The molecule has 1 heterocycles. The Morgan fingerprint density at radius 1 is 1.44 bits per heavy atom. The van der Waals surface area contributed by atoms with Crippen molar-refractivity contribution in [2.75, 3.05) is 13.6 Å². The van der Waals surface area contributed by atoms with Crippen molar-refractivity contribution < 1.29 is 4.79 Å². The minimum atomic E-state index is -0.307. The van der Waals surface area contributed by atoms with E-state index in [0.717, 1.165) is 16.6 Å². The standard InChI is InChI=1S/C14H19BrN2O/c1-5-17(4)12-10-8-9(15)6-7-11(10)14(2,3)16-13(12)18/h6-8,12H,5H2,1-4H3,(H,16,18). The van der Waals surface area contributed by atoms with Crippen molar-refractivity contribution in [3.63, 3.8) is 0 Å². The molecular weight excluding hydrogens is 292 g/mol. The van der Waals surface area contributed by atoms with Crippen LogP contribution in [0.4, 0.5) is 0 Å². The van der Waals surface area contributed by atoms with E-state index < -0.39 is 0 Å². The third kappa shape index (κ3) is 2.19. The molecule has 3 nitrogen and oxygen atoms in total. The van der Waals surface area contributed by atoms with Crippen molar-refractivity contribution in [3.05, 3.63) is 33.8 Å². The summed E-state index contributed by atoms with van der Waals surface area (Å²) in [6.07, 6.45) is 0. The number of amides is 1. The average Bonchev–Trinajstić information content (AvgIpc) is 2.26. The molecule has 1 N–H and O–H groups in total. The monoisotopic (exact) mass is 310 g/mol. The van der Waals surface area contributed by atoms with Gasteiger partial charge in [0.25, 0.3) is 0 Å². The summed E-state index contributed by atoms with van der Waals surface area (Å²) in [7, 11) is 1.98. The SMILES string of the molecule is CCN(C)C1C(=O)NC(C)(C)c2ccc(Br)cc21. The number of benzene rings is 1. The molecule has 0 aliphatic carbocycles. The van der Waals surface area contributed by atoms with Crippen molar-refractivity contribution in [3.8, 4) is 0 Å². The highest BCUT2D eigenvalue weighted by Crippen LogP contribution is 2.37. The molecule has 2 rings (SSSR count). The number of likely N-dealkylation sites (N-methyl/N-ethyl adjacent to an activating group) is 1. The zero-order chi connectivity index (χ0) is 13.5. The summed E-state index contributed by atoms with van der Waals surface area (Å²) in [6, 6.07) is 5.99. The number of nitrogens with one attached hydrogen (secondary N) is 1. The molecule has 1 aliphatic rings. The number of hydrogen-bond donors (Lipinski definition) is 1. The molecule has 4 heteroatoms. The lowest BCUT2D eigenvalue weighted by Crippen LogP contribution is -2.52. The van der Waals surface area contributed by atoms with Crippen LogP contribution in [0.1, 0.15) is 37.9 Å². The van der Waals surface area contributed by atoms with Gasteiger partial charge in [-0.05, 0) is 50.7 Å². The molecule has 98 valence electrons. The van der Waals surface area contributed by atoms with Crippen molar-refractivity contribution in [1.29, 1.82) is 0 Å². The van der Waals surface area contributed by atoms with Crippen LogP contribution in [0.3, 0.4) is 0 Å². The lowest BCUT2D eigenvalue weighted by Gasteiger charge is -2.40. The second-order valence-corrected chi connectivity index (χ2v) is 6.24. The molecular formula is C14H19BrN2O. The van der Waals surface area contributed by atoms with Gasteiger partial charge in [-0.3, -0.25) is 9.69 Å². The fourth-order valence-electron chi connectivity index (χ4n) is 2.53. The van der Waals surface area contributed by atoms with Gasteiger partial charge in [-0.1, -0.05) is 28.9 Å². The summed E-state index contributed by atoms with van der Waals surface area (Å²) in [4.78, 5) is 14.4. The smallest absolute Gasteiger partial charge is 0.242 e. The van der Waals surface area contributed by atoms with E-state index in [0.29, 0.717) is 0 Å². The van der Waals surface area contributed by atoms with Gasteiger partial charge >= 0.3 is 0 Å². The van der Waals surface area contributed by atoms with Crippen molar-refractivity contribution in [2.45, 2.75) is 32.4 Å². The number of carbonyl (C=O) groups is 1. The summed E-state index contributed by atoms with van der Waals surface area (Å²) >= 11 is 3.50. The number of carbonyl (C=O) groups excluding carboxylic acids is 1. The molecule has 0 spiro atoms. The van der Waals surface area contributed by atoms with E-state index in [1.165, 1.54) is 5.56 Å². The lowest BCUT2D eigenvalue weighted by molar-refractivity contribution is -0.129. The van der Waals surface area contributed by atoms with E-state index in [9.17, 15) is 4.79 Å². The maximum atomic E-state index is 12.3. The van der Waals surface area contributed by atoms with Gasteiger partial charge in [0.1, 0.15) is 6.04 Å². The fourth-order valence-corrected chi connectivity index (χ4v) is 2.91. The maximum absolute atomic E-state index is 12.3. The quantitative estimate of drug-likeness (QED) is 0.911. The first-order valence-electron chi connectivity index (χ1n) is 6.19. The van der Waals surface area contributed by atoms with E-state index in [-0.39, 0.29) is 17.5 Å². The summed E-state index contributed by atoms with van der Waals surface area (Å²) in [5.41, 5.74) is 1.98. The Bertz CT molecular complexity index is 485. The molecule has 1 aliphatic heterocycles. The first-order chi connectivity index (χ1) is 8.36. The van der Waals surface area contributed by atoms with Crippen LogP contribution < -0.4 is 5.32 Å². The number of hydrogen-bond acceptors (Lipinski definition) is 2. The zero-order valence-electron chi connectivity index (χ0n) is 11.2. The minimum Gasteiger partial charge on any atom is -0.345 e. The molecule has 0 bridgehead atoms. The van der Waals surface area contributed by atoms with Crippen LogP contribution in [-0.4, -0.2) is 24.4 Å². The molecule has 1 atom stereocenters. The van der Waals surface area contributed by atoms with Crippen LogP contribution in [0.2, 0.25) is 0 Å². The molecule has 0 saturated heterocycles. The maximum Gasteiger partial charge on any atom is 0.242 e. The Balaban J connectivity index is 2.59. The molecule has 0 radical (unpaired) electrons. The predicted octanol–water partition coefficient (Wildman–Crippen LogP) is 2.81. The average molecular weight is 311 g/mol. The van der Waals surface area contributed by atoms with E-state index in [2.05, 4.69) is 45.2 Å². The molecule has 0 aromatic heterocycles. The first kappa shape index (κ1) is 13.6. The molecule has 1 amide bonds.